The minimum absolute atomic E-state index is 0.174. The molecule has 2 N–H and O–H groups in total. The highest BCUT2D eigenvalue weighted by atomic mass is 32.2. The van der Waals surface area contributed by atoms with E-state index in [1.54, 1.807) is 0 Å². The van der Waals surface area contributed by atoms with Crippen molar-refractivity contribution in [3.63, 3.8) is 0 Å². The van der Waals surface area contributed by atoms with Crippen LogP contribution in [0, 0.1) is 13.8 Å². The maximum atomic E-state index is 13.3. The fraction of sp³-hybridized carbons (Fsp3) is 0.323. The molecule has 1 unspecified atom stereocenters. The van der Waals surface area contributed by atoms with Gasteiger partial charge >= 0.3 is 5.97 Å². The van der Waals surface area contributed by atoms with Crippen LogP contribution in [0.5, 0.6) is 0 Å². The predicted octanol–water partition coefficient (Wildman–Crippen LogP) is 7.60. The zero-order chi connectivity index (χ0) is 27.5. The summed E-state index contributed by atoms with van der Waals surface area (Å²) in [5.74, 6) is -0.562. The van der Waals surface area contributed by atoms with Crippen LogP contribution in [0.1, 0.15) is 58.1 Å². The summed E-state index contributed by atoms with van der Waals surface area (Å²) in [7, 11) is 1.39. The molecule has 0 aliphatic heterocycles. The third kappa shape index (κ3) is 5.97. The van der Waals surface area contributed by atoms with Crippen molar-refractivity contribution in [3.8, 4) is 22.5 Å². The Bertz CT molecular complexity index is 1420. The summed E-state index contributed by atoms with van der Waals surface area (Å²) in [6, 6.07) is 16.6. The van der Waals surface area contributed by atoms with Crippen LogP contribution < -0.4 is 5.32 Å². The van der Waals surface area contributed by atoms with Crippen LogP contribution in [-0.4, -0.2) is 34.2 Å². The van der Waals surface area contributed by atoms with E-state index in [0.29, 0.717) is 15.7 Å². The number of hydrogen-bond acceptors (Lipinski definition) is 6. The lowest BCUT2D eigenvalue weighted by molar-refractivity contribution is -0.115. The molecule has 2 heterocycles. The van der Waals surface area contributed by atoms with Crippen LogP contribution >= 0.6 is 23.1 Å². The average Bonchev–Trinajstić information content (AvgIpc) is 3.41. The van der Waals surface area contributed by atoms with Gasteiger partial charge in [0.2, 0.25) is 5.91 Å². The maximum Gasteiger partial charge on any atom is 0.341 e. The molecule has 6 nitrogen and oxygen atoms in total. The number of thiophene rings is 1. The highest BCUT2D eigenvalue weighted by molar-refractivity contribution is 8.00. The first-order chi connectivity index (χ1) is 18.8. The van der Waals surface area contributed by atoms with Gasteiger partial charge in [-0.05, 0) is 52.0 Å². The molecule has 2 aromatic carbocycles. The molecule has 202 valence electrons. The molecular formula is C31H33N3O3S2. The van der Waals surface area contributed by atoms with Gasteiger partial charge in [-0.25, -0.2) is 9.78 Å². The van der Waals surface area contributed by atoms with E-state index in [0.717, 1.165) is 60.2 Å². The monoisotopic (exact) mass is 559 g/mol. The second kappa shape index (κ2) is 11.8. The Morgan fingerprint density at radius 2 is 1.62 bits per heavy atom. The number of H-pyrrole nitrogens is 1. The number of benzene rings is 2. The summed E-state index contributed by atoms with van der Waals surface area (Å²) in [6.45, 7) is 5.99. The highest BCUT2D eigenvalue weighted by Gasteiger charge is 2.28. The molecule has 5 rings (SSSR count). The second-order valence-corrected chi connectivity index (χ2v) is 12.4. The number of aromatic nitrogens is 2. The number of aromatic amines is 1. The number of ether oxygens (including phenoxy) is 1. The maximum absolute atomic E-state index is 13.3. The molecule has 0 bridgehead atoms. The van der Waals surface area contributed by atoms with Crippen molar-refractivity contribution >= 4 is 40.0 Å². The minimum Gasteiger partial charge on any atom is -0.465 e. The van der Waals surface area contributed by atoms with E-state index in [9.17, 15) is 9.59 Å². The van der Waals surface area contributed by atoms with Crippen molar-refractivity contribution < 1.29 is 14.3 Å². The van der Waals surface area contributed by atoms with Gasteiger partial charge in [-0.3, -0.25) is 4.79 Å². The summed E-state index contributed by atoms with van der Waals surface area (Å²) in [6.07, 6.45) is 5.06. The number of nitrogens with one attached hydrogen (secondary N) is 2. The van der Waals surface area contributed by atoms with E-state index in [4.69, 9.17) is 9.72 Å². The number of esters is 1. The number of hydrogen-bond donors (Lipinski definition) is 2. The minimum atomic E-state index is -0.444. The van der Waals surface area contributed by atoms with Gasteiger partial charge in [-0.2, -0.15) is 0 Å². The molecule has 1 aliphatic rings. The van der Waals surface area contributed by atoms with Gasteiger partial charge in [0.1, 0.15) is 5.00 Å². The first-order valence-corrected chi connectivity index (χ1v) is 15.0. The number of aryl methyl sites for hydroxylation is 3. The molecule has 8 heteroatoms. The van der Waals surface area contributed by atoms with Gasteiger partial charge in [0.15, 0.2) is 5.16 Å². The highest BCUT2D eigenvalue weighted by Crippen LogP contribution is 2.39. The van der Waals surface area contributed by atoms with Gasteiger partial charge in [0, 0.05) is 16.0 Å². The number of thioether (sulfide) groups is 1. The molecule has 1 atom stereocenters. The van der Waals surface area contributed by atoms with Crippen LogP contribution in [0.25, 0.3) is 22.5 Å². The van der Waals surface area contributed by atoms with Crippen molar-refractivity contribution in [1.82, 2.24) is 9.97 Å². The first-order valence-electron chi connectivity index (χ1n) is 13.3. The van der Waals surface area contributed by atoms with E-state index >= 15 is 0 Å². The molecule has 4 aromatic rings. The largest absolute Gasteiger partial charge is 0.465 e. The number of imidazole rings is 1. The van der Waals surface area contributed by atoms with Gasteiger partial charge in [0.25, 0.3) is 0 Å². The van der Waals surface area contributed by atoms with E-state index in [1.807, 2.05) is 6.92 Å². The fourth-order valence-corrected chi connectivity index (χ4v) is 6.93. The fourth-order valence-electron chi connectivity index (χ4n) is 4.84. The standard InChI is InChI=1S/C31H33N3O3S2/c1-18-10-14-21(15-11-18)26-27(22-16-12-19(2)13-17-22)33-31(32-26)38-20(3)28(35)34-29-25(30(36)37-4)23-8-6-5-7-9-24(23)39-29/h10-17,20H,5-9H2,1-4H3,(H,32,33)(H,34,35). The number of methoxy groups -OCH3 is 1. The third-order valence-corrected chi connectivity index (χ3v) is 9.24. The number of fused-ring (bicyclic) bond motifs is 1. The molecule has 0 saturated carbocycles. The third-order valence-electron chi connectivity index (χ3n) is 7.05. The number of carbonyl (C=O) groups is 2. The molecule has 0 saturated heterocycles. The van der Waals surface area contributed by atoms with Crippen LogP contribution in [0.15, 0.2) is 53.7 Å². The van der Waals surface area contributed by atoms with Crippen molar-refractivity contribution in [2.45, 2.75) is 63.3 Å². The lowest BCUT2D eigenvalue weighted by Gasteiger charge is -2.11. The van der Waals surface area contributed by atoms with Crippen molar-refractivity contribution in [2.24, 2.45) is 0 Å². The Labute approximate surface area is 237 Å². The topological polar surface area (TPSA) is 84.1 Å². The molecule has 0 spiro atoms. The van der Waals surface area contributed by atoms with Crippen LogP contribution in [0.3, 0.4) is 0 Å². The van der Waals surface area contributed by atoms with Crippen molar-refractivity contribution in [3.05, 3.63) is 75.7 Å². The smallest absolute Gasteiger partial charge is 0.341 e. The van der Waals surface area contributed by atoms with Gasteiger partial charge < -0.3 is 15.0 Å². The van der Waals surface area contributed by atoms with E-state index in [2.05, 4.69) is 72.7 Å². The lowest BCUT2D eigenvalue weighted by atomic mass is 10.0. The lowest BCUT2D eigenvalue weighted by Crippen LogP contribution is -2.23. The van der Waals surface area contributed by atoms with Crippen LogP contribution in [0.4, 0.5) is 5.00 Å². The second-order valence-electron chi connectivity index (χ2n) is 10.0. The molecule has 1 aliphatic carbocycles. The number of nitrogens with zero attached hydrogens (tertiary/aromatic N) is 1. The Hall–Kier alpha value is -3.36. The number of rotatable bonds is 7. The summed E-state index contributed by atoms with van der Waals surface area (Å²) in [4.78, 5) is 35.6. The van der Waals surface area contributed by atoms with Crippen molar-refractivity contribution in [2.75, 3.05) is 12.4 Å². The van der Waals surface area contributed by atoms with E-state index in [-0.39, 0.29) is 11.9 Å². The summed E-state index contributed by atoms with van der Waals surface area (Å²) < 4.78 is 5.09. The van der Waals surface area contributed by atoms with E-state index in [1.165, 1.54) is 46.2 Å². The summed E-state index contributed by atoms with van der Waals surface area (Å²) in [5, 5.41) is 3.85. The Kier molecular flexibility index (Phi) is 8.23. The summed E-state index contributed by atoms with van der Waals surface area (Å²) >= 11 is 2.88. The molecule has 0 fully saturated rings. The quantitative estimate of drug-likeness (QED) is 0.138. The first kappa shape index (κ1) is 27.2. The number of anilines is 1. The van der Waals surface area contributed by atoms with E-state index < -0.39 is 5.25 Å². The SMILES string of the molecule is COC(=O)c1c(NC(=O)C(C)Sc2nc(-c3ccc(C)cc3)c(-c3ccc(C)cc3)[nH]2)sc2c1CCCCC2. The van der Waals surface area contributed by atoms with Gasteiger partial charge in [0.05, 0.1) is 29.3 Å². The van der Waals surface area contributed by atoms with Gasteiger partial charge in [-0.1, -0.05) is 77.8 Å². The van der Waals surface area contributed by atoms with Crippen LogP contribution in [-0.2, 0) is 22.4 Å². The molecular weight excluding hydrogens is 526 g/mol. The predicted molar refractivity (Wildman–Crippen MR) is 160 cm³/mol. The molecule has 2 aromatic heterocycles. The summed E-state index contributed by atoms with van der Waals surface area (Å²) in [5.41, 5.74) is 7.75. The molecule has 39 heavy (non-hydrogen) atoms. The Morgan fingerprint density at radius 3 is 2.28 bits per heavy atom. The van der Waals surface area contributed by atoms with Gasteiger partial charge in [-0.15, -0.1) is 11.3 Å². The zero-order valence-electron chi connectivity index (χ0n) is 22.7. The Balaban J connectivity index is 1.40. The number of amides is 1. The normalized spacial score (nSPS) is 13.8. The average molecular weight is 560 g/mol. The van der Waals surface area contributed by atoms with Crippen molar-refractivity contribution in [1.29, 1.82) is 0 Å². The molecule has 1 amide bonds. The van der Waals surface area contributed by atoms with Crippen LogP contribution in [0.2, 0.25) is 0 Å². The Morgan fingerprint density at radius 1 is 0.974 bits per heavy atom. The molecule has 0 radical (unpaired) electrons. The number of carbonyl (C=O) groups excluding carboxylic acids is 2. The zero-order valence-corrected chi connectivity index (χ0v) is 24.4.